The Kier molecular flexibility index (Phi) is 5.76. The molecular weight excluding hydrogens is 354 g/mol. The molecule has 128 valence electrons. The zero-order valence-corrected chi connectivity index (χ0v) is 14.4. The summed E-state index contributed by atoms with van der Waals surface area (Å²) < 4.78 is 27.4. The number of sulfonamides is 1. The molecule has 24 heavy (non-hydrogen) atoms. The van der Waals surface area contributed by atoms with Crippen LogP contribution in [0.1, 0.15) is 15.9 Å². The molecule has 1 amide bonds. The highest BCUT2D eigenvalue weighted by Crippen LogP contribution is 2.19. The van der Waals surface area contributed by atoms with E-state index in [-0.39, 0.29) is 22.2 Å². The van der Waals surface area contributed by atoms with E-state index in [9.17, 15) is 13.2 Å². The number of halogens is 1. The number of aromatic nitrogens is 1. The van der Waals surface area contributed by atoms with Crippen molar-refractivity contribution in [2.45, 2.75) is 11.3 Å². The predicted octanol–water partition coefficient (Wildman–Crippen LogP) is 1.36. The molecule has 2 rings (SSSR count). The quantitative estimate of drug-likeness (QED) is 0.798. The number of ether oxygens (including phenoxy) is 1. The van der Waals surface area contributed by atoms with Gasteiger partial charge >= 0.3 is 0 Å². The first-order chi connectivity index (χ1) is 11.3. The molecule has 0 spiro atoms. The van der Waals surface area contributed by atoms with E-state index in [2.05, 4.69) is 10.3 Å². The summed E-state index contributed by atoms with van der Waals surface area (Å²) in [4.78, 5) is 16.1. The van der Waals surface area contributed by atoms with Gasteiger partial charge in [-0.05, 0) is 30.2 Å². The zero-order chi connectivity index (χ0) is 17.7. The molecule has 3 N–H and O–H groups in total. The van der Waals surface area contributed by atoms with Gasteiger partial charge in [-0.15, -0.1) is 0 Å². The van der Waals surface area contributed by atoms with E-state index in [1.54, 1.807) is 12.1 Å². The van der Waals surface area contributed by atoms with Gasteiger partial charge < -0.3 is 10.1 Å². The first-order valence-electron chi connectivity index (χ1n) is 6.90. The number of carbonyl (C=O) groups is 1. The van der Waals surface area contributed by atoms with Crippen LogP contribution in [-0.2, 0) is 16.4 Å². The molecule has 1 aromatic carbocycles. The largest absolute Gasteiger partial charge is 0.480 e. The molecule has 0 aliphatic heterocycles. The van der Waals surface area contributed by atoms with Crippen molar-refractivity contribution in [3.05, 3.63) is 52.7 Å². The van der Waals surface area contributed by atoms with Crippen LogP contribution in [0.2, 0.25) is 5.02 Å². The maximum Gasteiger partial charge on any atom is 0.256 e. The lowest BCUT2D eigenvalue weighted by Crippen LogP contribution is -2.26. The van der Waals surface area contributed by atoms with E-state index in [0.29, 0.717) is 18.0 Å². The summed E-state index contributed by atoms with van der Waals surface area (Å²) in [5.41, 5.74) is 1.11. The number of methoxy groups -OCH3 is 1. The topological polar surface area (TPSA) is 111 Å². The van der Waals surface area contributed by atoms with Crippen LogP contribution >= 0.6 is 11.6 Å². The highest BCUT2D eigenvalue weighted by Gasteiger charge is 2.14. The number of hydrogen-bond acceptors (Lipinski definition) is 5. The number of carbonyl (C=O) groups excluding carboxylic acids is 1. The van der Waals surface area contributed by atoms with Crippen LogP contribution in [0.3, 0.4) is 0 Å². The molecule has 0 aliphatic rings. The Bertz CT molecular complexity index is 838. The highest BCUT2D eigenvalue weighted by atomic mass is 35.5. The monoisotopic (exact) mass is 369 g/mol. The van der Waals surface area contributed by atoms with Crippen molar-refractivity contribution < 1.29 is 17.9 Å². The third-order valence-electron chi connectivity index (χ3n) is 3.21. The van der Waals surface area contributed by atoms with E-state index in [1.807, 2.05) is 0 Å². The number of amides is 1. The number of benzene rings is 1. The van der Waals surface area contributed by atoms with Crippen LogP contribution in [0.4, 0.5) is 0 Å². The first-order valence-corrected chi connectivity index (χ1v) is 8.83. The Morgan fingerprint density at radius 2 is 2.00 bits per heavy atom. The van der Waals surface area contributed by atoms with E-state index < -0.39 is 10.0 Å². The molecule has 0 fully saturated rings. The summed E-state index contributed by atoms with van der Waals surface area (Å²) >= 11 is 5.84. The second kappa shape index (κ2) is 7.61. The van der Waals surface area contributed by atoms with Crippen LogP contribution in [0.15, 0.2) is 41.4 Å². The highest BCUT2D eigenvalue weighted by molar-refractivity contribution is 7.89. The molecule has 1 heterocycles. The molecule has 1 aromatic heterocycles. The number of hydrogen-bond donors (Lipinski definition) is 2. The lowest BCUT2D eigenvalue weighted by Gasteiger charge is -2.09. The Morgan fingerprint density at radius 1 is 1.33 bits per heavy atom. The third kappa shape index (κ3) is 4.67. The zero-order valence-electron chi connectivity index (χ0n) is 12.8. The van der Waals surface area contributed by atoms with Crippen molar-refractivity contribution >= 4 is 27.5 Å². The van der Waals surface area contributed by atoms with Crippen molar-refractivity contribution in [1.29, 1.82) is 0 Å². The molecule has 0 atom stereocenters. The Labute approximate surface area is 144 Å². The van der Waals surface area contributed by atoms with E-state index >= 15 is 0 Å². The average Bonchev–Trinajstić information content (AvgIpc) is 2.54. The molecule has 9 heteroatoms. The second-order valence-corrected chi connectivity index (χ2v) is 6.90. The fourth-order valence-corrected chi connectivity index (χ4v) is 2.69. The lowest BCUT2D eigenvalue weighted by molar-refractivity contribution is 0.0950. The lowest BCUT2D eigenvalue weighted by atomic mass is 10.1. The van der Waals surface area contributed by atoms with Crippen molar-refractivity contribution in [3.63, 3.8) is 0 Å². The molecule has 0 saturated carbocycles. The number of pyridine rings is 1. The second-order valence-electron chi connectivity index (χ2n) is 4.91. The Morgan fingerprint density at radius 3 is 2.58 bits per heavy atom. The molecule has 2 aromatic rings. The standard InChI is InChI=1S/C15H16ClN3O4S/c1-23-15-13(8-11(16)9-19-15)14(20)18-7-6-10-2-4-12(5-3-10)24(17,21)22/h2-5,8-9H,6-7H2,1H3,(H,18,20)(H2,17,21,22). The summed E-state index contributed by atoms with van der Waals surface area (Å²) in [7, 11) is -2.29. The molecule has 0 radical (unpaired) electrons. The van der Waals surface area contributed by atoms with Gasteiger partial charge in [-0.3, -0.25) is 4.79 Å². The third-order valence-corrected chi connectivity index (χ3v) is 4.34. The minimum atomic E-state index is -3.70. The number of nitrogens with zero attached hydrogens (tertiary/aromatic N) is 1. The summed E-state index contributed by atoms with van der Waals surface area (Å²) in [6.45, 7) is 0.350. The maximum atomic E-state index is 12.2. The summed E-state index contributed by atoms with van der Waals surface area (Å²) in [5.74, 6) is -0.169. The summed E-state index contributed by atoms with van der Waals surface area (Å²) in [6.07, 6.45) is 1.91. The number of rotatable bonds is 6. The molecular formula is C15H16ClN3O4S. The normalized spacial score (nSPS) is 11.1. The van der Waals surface area contributed by atoms with Crippen LogP contribution < -0.4 is 15.2 Å². The van der Waals surface area contributed by atoms with Crippen LogP contribution in [0, 0.1) is 0 Å². The fraction of sp³-hybridized carbons (Fsp3) is 0.200. The van der Waals surface area contributed by atoms with Gasteiger partial charge in [-0.25, -0.2) is 18.5 Å². The van der Waals surface area contributed by atoms with E-state index in [0.717, 1.165) is 5.56 Å². The Hall–Kier alpha value is -2.16. The first kappa shape index (κ1) is 18.2. The molecule has 7 nitrogen and oxygen atoms in total. The van der Waals surface area contributed by atoms with Crippen molar-refractivity contribution in [2.24, 2.45) is 5.14 Å². The van der Waals surface area contributed by atoms with Crippen molar-refractivity contribution in [2.75, 3.05) is 13.7 Å². The molecule has 0 saturated heterocycles. The van der Waals surface area contributed by atoms with Gasteiger partial charge in [0.1, 0.15) is 5.56 Å². The fourth-order valence-electron chi connectivity index (χ4n) is 2.01. The minimum Gasteiger partial charge on any atom is -0.480 e. The van der Waals surface area contributed by atoms with Crippen LogP contribution in [0.5, 0.6) is 5.88 Å². The summed E-state index contributed by atoms with van der Waals surface area (Å²) in [6, 6.07) is 7.62. The number of primary sulfonamides is 1. The molecule has 0 aliphatic carbocycles. The minimum absolute atomic E-state index is 0.0463. The van der Waals surface area contributed by atoms with Crippen molar-refractivity contribution in [1.82, 2.24) is 10.3 Å². The molecule has 0 unspecified atom stereocenters. The van der Waals surface area contributed by atoms with Gasteiger partial charge in [0.25, 0.3) is 5.91 Å². The van der Waals surface area contributed by atoms with Crippen LogP contribution in [0.25, 0.3) is 0 Å². The predicted molar refractivity (Wildman–Crippen MR) is 89.7 cm³/mol. The number of nitrogens with one attached hydrogen (secondary N) is 1. The van der Waals surface area contributed by atoms with Gasteiger partial charge in [-0.1, -0.05) is 23.7 Å². The van der Waals surface area contributed by atoms with E-state index in [4.69, 9.17) is 21.5 Å². The van der Waals surface area contributed by atoms with Crippen molar-refractivity contribution in [3.8, 4) is 5.88 Å². The van der Waals surface area contributed by atoms with Gasteiger partial charge in [0.15, 0.2) is 0 Å². The SMILES string of the molecule is COc1ncc(Cl)cc1C(=O)NCCc1ccc(S(N)(=O)=O)cc1. The maximum absolute atomic E-state index is 12.2. The van der Waals surface area contributed by atoms with Gasteiger partial charge in [0.05, 0.1) is 17.0 Å². The average molecular weight is 370 g/mol. The van der Waals surface area contributed by atoms with Crippen LogP contribution in [-0.4, -0.2) is 33.0 Å². The van der Waals surface area contributed by atoms with Gasteiger partial charge in [-0.2, -0.15) is 0 Å². The Balaban J connectivity index is 1.97. The number of nitrogens with two attached hydrogens (primary N) is 1. The molecule has 0 bridgehead atoms. The van der Waals surface area contributed by atoms with Gasteiger partial charge in [0.2, 0.25) is 15.9 Å². The summed E-state index contributed by atoms with van der Waals surface area (Å²) in [5, 5.41) is 8.10. The van der Waals surface area contributed by atoms with E-state index in [1.165, 1.54) is 31.5 Å². The van der Waals surface area contributed by atoms with Gasteiger partial charge in [0, 0.05) is 12.7 Å². The smallest absolute Gasteiger partial charge is 0.256 e.